The number of aryl methyl sites for hydroxylation is 1. The molecule has 1 N–H and O–H groups in total. The van der Waals surface area contributed by atoms with Gasteiger partial charge in [-0.1, -0.05) is 42.5 Å². The first kappa shape index (κ1) is 23.9. The van der Waals surface area contributed by atoms with Crippen LogP contribution in [-0.4, -0.2) is 45.6 Å². The van der Waals surface area contributed by atoms with Crippen LogP contribution in [0.1, 0.15) is 5.56 Å². The standard InChI is InChI=1S/C29H27FN6O2/c1-34-26-16-21(22-17-31-36(19-22)18-20-7-3-2-4-8-20)15-23(30)27(26)33-28(29(34)37)32-24-9-5-6-10-25(24)35-11-13-38-14-12-35/h2-10,15-17,19H,11-14,18H2,1H3,(H,32,33). The van der Waals surface area contributed by atoms with Gasteiger partial charge in [-0.15, -0.1) is 0 Å². The van der Waals surface area contributed by atoms with Crippen LogP contribution in [0.2, 0.25) is 0 Å². The molecule has 0 saturated carbocycles. The minimum absolute atomic E-state index is 0.0723. The quantitative estimate of drug-likeness (QED) is 0.361. The van der Waals surface area contributed by atoms with Crippen molar-refractivity contribution in [2.24, 2.45) is 7.05 Å². The fraction of sp³-hybridized carbons (Fsp3) is 0.207. The van der Waals surface area contributed by atoms with E-state index in [2.05, 4.69) is 20.3 Å². The van der Waals surface area contributed by atoms with E-state index in [1.807, 2.05) is 65.5 Å². The lowest BCUT2D eigenvalue weighted by atomic mass is 10.1. The maximum Gasteiger partial charge on any atom is 0.293 e. The number of nitrogens with one attached hydrogen (secondary N) is 1. The van der Waals surface area contributed by atoms with Gasteiger partial charge in [-0.05, 0) is 35.4 Å². The average Bonchev–Trinajstić information content (AvgIpc) is 3.42. The van der Waals surface area contributed by atoms with E-state index >= 15 is 4.39 Å². The van der Waals surface area contributed by atoms with Gasteiger partial charge >= 0.3 is 0 Å². The molecule has 1 saturated heterocycles. The molecule has 0 radical (unpaired) electrons. The van der Waals surface area contributed by atoms with Crippen molar-refractivity contribution in [3.05, 3.63) is 101 Å². The van der Waals surface area contributed by atoms with Crippen LogP contribution in [-0.2, 0) is 18.3 Å². The minimum atomic E-state index is -0.506. The lowest BCUT2D eigenvalue weighted by Gasteiger charge is -2.30. The van der Waals surface area contributed by atoms with Crippen molar-refractivity contribution in [1.82, 2.24) is 19.3 Å². The molecule has 0 unspecified atom stereocenters. The fourth-order valence-corrected chi connectivity index (χ4v) is 4.78. The Balaban J connectivity index is 1.33. The summed E-state index contributed by atoms with van der Waals surface area (Å²) in [5.74, 6) is -0.434. The number of hydrogen-bond acceptors (Lipinski definition) is 6. The molecule has 192 valence electrons. The van der Waals surface area contributed by atoms with Gasteiger partial charge < -0.3 is 19.5 Å². The summed E-state index contributed by atoms with van der Waals surface area (Å²) in [7, 11) is 1.63. The largest absolute Gasteiger partial charge is 0.378 e. The first-order valence-electron chi connectivity index (χ1n) is 12.5. The van der Waals surface area contributed by atoms with E-state index in [1.165, 1.54) is 10.6 Å². The number of aromatic nitrogens is 4. The van der Waals surface area contributed by atoms with Gasteiger partial charge in [0.05, 0.1) is 42.8 Å². The molecule has 9 heteroatoms. The highest BCUT2D eigenvalue weighted by molar-refractivity contribution is 5.84. The topological polar surface area (TPSA) is 77.2 Å². The molecule has 3 aromatic carbocycles. The Kier molecular flexibility index (Phi) is 6.35. The summed E-state index contributed by atoms with van der Waals surface area (Å²) in [6.07, 6.45) is 3.57. The van der Waals surface area contributed by atoms with Crippen LogP contribution in [0.25, 0.3) is 22.2 Å². The Morgan fingerprint density at radius 1 is 1.00 bits per heavy atom. The van der Waals surface area contributed by atoms with Gasteiger partial charge in [0.2, 0.25) is 0 Å². The summed E-state index contributed by atoms with van der Waals surface area (Å²) in [4.78, 5) is 19.9. The van der Waals surface area contributed by atoms with E-state index in [4.69, 9.17) is 4.74 Å². The summed E-state index contributed by atoms with van der Waals surface area (Å²) in [5.41, 5.74) is 4.38. The molecular weight excluding hydrogens is 483 g/mol. The van der Waals surface area contributed by atoms with Crippen LogP contribution in [0.4, 0.5) is 21.6 Å². The maximum absolute atomic E-state index is 15.4. The highest BCUT2D eigenvalue weighted by Crippen LogP contribution is 2.30. The lowest BCUT2D eigenvalue weighted by Crippen LogP contribution is -2.36. The van der Waals surface area contributed by atoms with Crippen molar-refractivity contribution < 1.29 is 9.13 Å². The summed E-state index contributed by atoms with van der Waals surface area (Å²) >= 11 is 0. The van der Waals surface area contributed by atoms with Crippen molar-refractivity contribution in [3.63, 3.8) is 0 Å². The molecule has 0 atom stereocenters. The lowest BCUT2D eigenvalue weighted by molar-refractivity contribution is 0.123. The predicted octanol–water partition coefficient (Wildman–Crippen LogP) is 4.56. The van der Waals surface area contributed by atoms with Crippen molar-refractivity contribution in [3.8, 4) is 11.1 Å². The summed E-state index contributed by atoms with van der Waals surface area (Å²) < 4.78 is 24.1. The van der Waals surface area contributed by atoms with Gasteiger partial charge in [-0.25, -0.2) is 9.37 Å². The minimum Gasteiger partial charge on any atom is -0.378 e. The van der Waals surface area contributed by atoms with Crippen LogP contribution in [0, 0.1) is 5.82 Å². The molecule has 0 amide bonds. The molecule has 8 nitrogen and oxygen atoms in total. The van der Waals surface area contributed by atoms with E-state index in [0.29, 0.717) is 30.8 Å². The second kappa shape index (κ2) is 10.1. The van der Waals surface area contributed by atoms with Crippen LogP contribution < -0.4 is 15.8 Å². The molecule has 5 aromatic rings. The number of halogens is 1. The molecule has 1 fully saturated rings. The van der Waals surface area contributed by atoms with Crippen LogP contribution in [0.15, 0.2) is 83.9 Å². The zero-order chi connectivity index (χ0) is 26.1. The van der Waals surface area contributed by atoms with E-state index in [0.717, 1.165) is 35.6 Å². The number of benzene rings is 3. The third-order valence-electron chi connectivity index (χ3n) is 6.80. The van der Waals surface area contributed by atoms with Gasteiger partial charge in [0.15, 0.2) is 11.6 Å². The van der Waals surface area contributed by atoms with Crippen molar-refractivity contribution in [2.45, 2.75) is 6.54 Å². The first-order chi connectivity index (χ1) is 18.6. The summed E-state index contributed by atoms with van der Waals surface area (Å²) in [6.45, 7) is 3.40. The zero-order valence-electron chi connectivity index (χ0n) is 21.0. The summed E-state index contributed by atoms with van der Waals surface area (Å²) in [5, 5.41) is 7.60. The van der Waals surface area contributed by atoms with E-state index < -0.39 is 5.82 Å². The van der Waals surface area contributed by atoms with Gasteiger partial charge in [0.25, 0.3) is 5.56 Å². The molecule has 0 spiro atoms. The first-order valence-corrected chi connectivity index (χ1v) is 12.5. The summed E-state index contributed by atoms with van der Waals surface area (Å²) in [6, 6.07) is 20.9. The fourth-order valence-electron chi connectivity index (χ4n) is 4.78. The highest BCUT2D eigenvalue weighted by atomic mass is 19.1. The number of hydrogen-bond donors (Lipinski definition) is 1. The van der Waals surface area contributed by atoms with E-state index in [1.54, 1.807) is 19.3 Å². The molecule has 38 heavy (non-hydrogen) atoms. The highest BCUT2D eigenvalue weighted by Gasteiger charge is 2.18. The van der Waals surface area contributed by atoms with Crippen molar-refractivity contribution in [1.29, 1.82) is 0 Å². The van der Waals surface area contributed by atoms with Crippen molar-refractivity contribution >= 4 is 28.2 Å². The predicted molar refractivity (Wildman–Crippen MR) is 146 cm³/mol. The molecular formula is C29H27FN6O2. The Labute approximate surface area is 218 Å². The molecule has 1 aliphatic rings. The molecule has 0 aliphatic carbocycles. The average molecular weight is 511 g/mol. The zero-order valence-corrected chi connectivity index (χ0v) is 21.0. The number of nitrogens with zero attached hydrogens (tertiary/aromatic N) is 5. The number of para-hydroxylation sites is 2. The molecule has 3 heterocycles. The van der Waals surface area contributed by atoms with E-state index in [-0.39, 0.29) is 16.9 Å². The van der Waals surface area contributed by atoms with E-state index in [9.17, 15) is 4.79 Å². The number of anilines is 3. The third kappa shape index (κ3) is 4.64. The van der Waals surface area contributed by atoms with Gasteiger partial charge in [0, 0.05) is 31.9 Å². The van der Waals surface area contributed by atoms with Gasteiger partial charge in [-0.2, -0.15) is 5.10 Å². The van der Waals surface area contributed by atoms with Gasteiger partial charge in [-0.3, -0.25) is 9.48 Å². The van der Waals surface area contributed by atoms with Crippen LogP contribution >= 0.6 is 0 Å². The Hall–Kier alpha value is -4.50. The second-order valence-corrected chi connectivity index (χ2v) is 9.30. The molecule has 6 rings (SSSR count). The maximum atomic E-state index is 15.4. The SMILES string of the molecule is Cn1c(=O)c(Nc2ccccc2N2CCOCC2)nc2c(F)cc(-c3cnn(Cc4ccccc4)c3)cc21. The van der Waals surface area contributed by atoms with Crippen LogP contribution in [0.3, 0.4) is 0 Å². The number of fused-ring (bicyclic) bond motifs is 1. The molecule has 0 bridgehead atoms. The number of ether oxygens (including phenoxy) is 1. The third-order valence-corrected chi connectivity index (χ3v) is 6.80. The number of morpholine rings is 1. The smallest absolute Gasteiger partial charge is 0.293 e. The second-order valence-electron chi connectivity index (χ2n) is 9.30. The molecule has 2 aromatic heterocycles. The van der Waals surface area contributed by atoms with Crippen LogP contribution in [0.5, 0.6) is 0 Å². The monoisotopic (exact) mass is 510 g/mol. The normalized spacial score (nSPS) is 13.7. The van der Waals surface area contributed by atoms with Crippen molar-refractivity contribution in [2.75, 3.05) is 36.5 Å². The number of rotatable bonds is 6. The Bertz CT molecular complexity index is 1660. The Morgan fingerprint density at radius 2 is 1.76 bits per heavy atom. The Morgan fingerprint density at radius 3 is 2.58 bits per heavy atom. The molecule has 1 aliphatic heterocycles. The van der Waals surface area contributed by atoms with Gasteiger partial charge in [0.1, 0.15) is 5.52 Å².